The Morgan fingerprint density at radius 2 is 0.938 bits per heavy atom. The average Bonchev–Trinajstić information content (AvgIpc) is 2.30. The van der Waals surface area contributed by atoms with Crippen LogP contribution in [0.15, 0.2) is 60.7 Å². The van der Waals surface area contributed by atoms with E-state index in [-0.39, 0.29) is 24.8 Å². The van der Waals surface area contributed by atoms with Gasteiger partial charge in [-0.3, -0.25) is 0 Å². The van der Waals surface area contributed by atoms with E-state index in [1.807, 2.05) is 0 Å². The van der Waals surface area contributed by atoms with Crippen LogP contribution in [0.2, 0.25) is 0 Å². The third kappa shape index (κ3) is 3.98. The Kier molecular flexibility index (Phi) is 7.84. The molecule has 2 aromatic carbocycles. The molecular weight excluding hydrogens is 318 g/mol. The van der Waals surface area contributed by atoms with Crippen LogP contribution in [-0.2, 0) is 24.2 Å². The van der Waals surface area contributed by atoms with E-state index in [4.69, 9.17) is 0 Å². The van der Waals surface area contributed by atoms with Crippen molar-refractivity contribution in [1.82, 2.24) is 0 Å². The van der Waals surface area contributed by atoms with Crippen molar-refractivity contribution in [1.29, 1.82) is 0 Å². The molecule has 80 valence electrons. The quantitative estimate of drug-likeness (QED) is 0.545. The molecule has 0 N–H and O–H groups in total. The molecule has 0 heterocycles. The van der Waals surface area contributed by atoms with Crippen LogP contribution in [0.3, 0.4) is 0 Å². The van der Waals surface area contributed by atoms with Crippen molar-refractivity contribution >= 4 is 3.21 Å². The summed E-state index contributed by atoms with van der Waals surface area (Å²) in [5.74, 6) is 0. The standard InChI is InChI=1S/C13H10.2ClH.Zr/c1-3-7-12(8-4-1)11-13-9-5-2-6-10-13;;;/h1-10H;2*1H;/q;;;+2/p-2. The summed E-state index contributed by atoms with van der Waals surface area (Å²) in [4.78, 5) is 0. The first-order chi connectivity index (χ1) is 6.88. The van der Waals surface area contributed by atoms with Crippen LogP contribution in [0, 0.1) is 0 Å². The third-order valence-electron chi connectivity index (χ3n) is 2.12. The van der Waals surface area contributed by atoms with Crippen LogP contribution >= 0.6 is 0 Å². The summed E-state index contributed by atoms with van der Waals surface area (Å²) in [6, 6.07) is 21.1. The van der Waals surface area contributed by atoms with E-state index < -0.39 is 0 Å². The van der Waals surface area contributed by atoms with Gasteiger partial charge in [-0.2, -0.15) is 0 Å². The molecule has 0 unspecified atom stereocenters. The summed E-state index contributed by atoms with van der Waals surface area (Å²) >= 11 is 1.46. The van der Waals surface area contributed by atoms with Gasteiger partial charge in [0.05, 0.1) is 0 Å². The Balaban J connectivity index is 0.00000112. The molecule has 0 fully saturated rings. The minimum absolute atomic E-state index is 0. The van der Waals surface area contributed by atoms with Gasteiger partial charge in [0, 0.05) is 0 Å². The molecule has 0 aliphatic rings. The molecule has 0 aliphatic heterocycles. The van der Waals surface area contributed by atoms with Crippen LogP contribution in [0.1, 0.15) is 11.1 Å². The molecule has 0 aliphatic carbocycles. The van der Waals surface area contributed by atoms with Gasteiger partial charge in [0.25, 0.3) is 0 Å². The van der Waals surface area contributed by atoms with Gasteiger partial charge in [-0.15, -0.1) is 0 Å². The zero-order valence-electron chi connectivity index (χ0n) is 8.53. The van der Waals surface area contributed by atoms with Crippen LogP contribution in [-0.4, -0.2) is 3.21 Å². The Hall–Kier alpha value is -0.227. The predicted octanol–water partition coefficient (Wildman–Crippen LogP) is -3.19. The van der Waals surface area contributed by atoms with Crippen molar-refractivity contribution in [3.05, 3.63) is 71.8 Å². The first kappa shape index (κ1) is 15.8. The molecular formula is C13H10Cl2Zr. The van der Waals surface area contributed by atoms with Gasteiger partial charge in [-0.05, 0) is 0 Å². The Labute approximate surface area is 123 Å². The first-order valence-corrected chi connectivity index (χ1v) is 5.80. The second-order valence-electron chi connectivity index (χ2n) is 3.11. The van der Waals surface area contributed by atoms with Crippen LogP contribution < -0.4 is 24.8 Å². The van der Waals surface area contributed by atoms with Crippen molar-refractivity contribution in [2.24, 2.45) is 0 Å². The van der Waals surface area contributed by atoms with E-state index in [1.165, 1.54) is 38.6 Å². The van der Waals surface area contributed by atoms with Gasteiger partial charge in [0.15, 0.2) is 0 Å². The molecule has 0 radical (unpaired) electrons. The fourth-order valence-electron chi connectivity index (χ4n) is 1.38. The number of rotatable bonds is 2. The van der Waals surface area contributed by atoms with Crippen molar-refractivity contribution in [2.45, 2.75) is 0 Å². The van der Waals surface area contributed by atoms with Crippen molar-refractivity contribution in [3.8, 4) is 0 Å². The molecule has 3 heteroatoms. The molecule has 2 rings (SSSR count). The van der Waals surface area contributed by atoms with Crippen molar-refractivity contribution in [3.63, 3.8) is 0 Å². The summed E-state index contributed by atoms with van der Waals surface area (Å²) in [6.07, 6.45) is 0. The minimum atomic E-state index is 0. The van der Waals surface area contributed by atoms with Gasteiger partial charge in [0.1, 0.15) is 0 Å². The molecule has 16 heavy (non-hydrogen) atoms. The number of benzene rings is 2. The molecule has 0 saturated carbocycles. The fraction of sp³-hybridized carbons (Fsp3) is 0. The third-order valence-corrected chi connectivity index (χ3v) is 3.54. The van der Waals surface area contributed by atoms with Gasteiger partial charge in [0.2, 0.25) is 0 Å². The second kappa shape index (κ2) is 7.95. The van der Waals surface area contributed by atoms with Gasteiger partial charge >= 0.3 is 99.2 Å². The van der Waals surface area contributed by atoms with Gasteiger partial charge in [-0.25, -0.2) is 0 Å². The van der Waals surface area contributed by atoms with E-state index in [0.717, 1.165) is 0 Å². The molecule has 0 spiro atoms. The van der Waals surface area contributed by atoms with Crippen molar-refractivity contribution in [2.75, 3.05) is 0 Å². The maximum absolute atomic E-state index is 2.16. The molecule has 0 bridgehead atoms. The number of hydrogen-bond donors (Lipinski definition) is 0. The van der Waals surface area contributed by atoms with E-state index in [0.29, 0.717) is 0 Å². The Morgan fingerprint density at radius 3 is 1.25 bits per heavy atom. The summed E-state index contributed by atoms with van der Waals surface area (Å²) in [5, 5.41) is 0. The molecule has 0 saturated heterocycles. The normalized spacial score (nSPS) is 8.62. The van der Waals surface area contributed by atoms with E-state index in [9.17, 15) is 0 Å². The monoisotopic (exact) mass is 326 g/mol. The fourth-order valence-corrected chi connectivity index (χ4v) is 2.20. The van der Waals surface area contributed by atoms with E-state index in [2.05, 4.69) is 60.7 Å². The topological polar surface area (TPSA) is 0 Å². The zero-order valence-corrected chi connectivity index (χ0v) is 12.5. The number of hydrogen-bond acceptors (Lipinski definition) is 0. The average molecular weight is 328 g/mol. The summed E-state index contributed by atoms with van der Waals surface area (Å²) in [5.41, 5.74) is 2.66. The van der Waals surface area contributed by atoms with Crippen LogP contribution in [0.5, 0.6) is 0 Å². The van der Waals surface area contributed by atoms with Crippen LogP contribution in [0.25, 0.3) is 0 Å². The van der Waals surface area contributed by atoms with E-state index in [1.54, 1.807) is 0 Å². The van der Waals surface area contributed by atoms with Crippen LogP contribution in [0.4, 0.5) is 0 Å². The molecule has 0 aromatic heterocycles. The second-order valence-corrected chi connectivity index (χ2v) is 4.34. The van der Waals surface area contributed by atoms with E-state index >= 15 is 0 Å². The Bertz CT molecular complexity index is 385. The van der Waals surface area contributed by atoms with Gasteiger partial charge in [-0.1, -0.05) is 0 Å². The van der Waals surface area contributed by atoms with Crippen molar-refractivity contribution < 1.29 is 49.0 Å². The number of halogens is 2. The Morgan fingerprint density at radius 1 is 0.625 bits per heavy atom. The maximum atomic E-state index is 2.16. The zero-order chi connectivity index (χ0) is 9.80. The molecule has 0 amide bonds. The molecule has 2 aromatic rings. The first-order valence-electron chi connectivity index (χ1n) is 4.57. The molecule has 0 nitrogen and oxygen atoms in total. The molecule has 0 atom stereocenters. The summed E-state index contributed by atoms with van der Waals surface area (Å²) in [7, 11) is 0. The SMILES string of the molecule is [Cl-].[Cl-].[Zr+2]=[C](c1ccccc1)c1ccccc1. The summed E-state index contributed by atoms with van der Waals surface area (Å²) in [6.45, 7) is 0. The summed E-state index contributed by atoms with van der Waals surface area (Å²) < 4.78 is 1.42. The predicted molar refractivity (Wildman–Crippen MR) is 56.1 cm³/mol. The van der Waals surface area contributed by atoms with Gasteiger partial charge < -0.3 is 24.8 Å².